The summed E-state index contributed by atoms with van der Waals surface area (Å²) in [5.41, 5.74) is 5.30. The van der Waals surface area contributed by atoms with Crippen LogP contribution in [0.25, 0.3) is 0 Å². The summed E-state index contributed by atoms with van der Waals surface area (Å²) in [5, 5.41) is 6.66. The fourth-order valence-corrected chi connectivity index (χ4v) is 2.61. The van der Waals surface area contributed by atoms with E-state index in [0.29, 0.717) is 0 Å². The molecule has 1 fully saturated rings. The SMILES string of the molecule is Nc1nonc1C(=O)N1CCS(=O)(=O)CC1. The lowest BCUT2D eigenvalue weighted by Crippen LogP contribution is -2.44. The first-order valence-electron chi connectivity index (χ1n) is 4.57. The topological polar surface area (TPSA) is 119 Å². The highest BCUT2D eigenvalue weighted by molar-refractivity contribution is 7.91. The van der Waals surface area contributed by atoms with Crippen molar-refractivity contribution < 1.29 is 17.8 Å². The van der Waals surface area contributed by atoms with Crippen LogP contribution >= 0.6 is 0 Å². The largest absolute Gasteiger partial charge is 0.379 e. The summed E-state index contributed by atoms with van der Waals surface area (Å²) in [6, 6.07) is 0. The van der Waals surface area contributed by atoms with Crippen LogP contribution in [0.4, 0.5) is 5.82 Å². The Labute approximate surface area is 91.3 Å². The van der Waals surface area contributed by atoms with Gasteiger partial charge in [0.1, 0.15) is 0 Å². The van der Waals surface area contributed by atoms with Gasteiger partial charge in [-0.2, -0.15) is 0 Å². The third kappa shape index (κ3) is 1.98. The smallest absolute Gasteiger partial charge is 0.280 e. The molecule has 0 bridgehead atoms. The minimum atomic E-state index is -3.01. The maximum atomic E-state index is 11.8. The fourth-order valence-electron chi connectivity index (χ4n) is 1.41. The average molecular weight is 246 g/mol. The monoisotopic (exact) mass is 246 g/mol. The third-order valence-corrected chi connectivity index (χ3v) is 3.96. The van der Waals surface area contributed by atoms with Gasteiger partial charge in [-0.3, -0.25) is 4.79 Å². The van der Waals surface area contributed by atoms with Gasteiger partial charge in [-0.05, 0) is 10.3 Å². The summed E-state index contributed by atoms with van der Waals surface area (Å²) in [6.45, 7) is 0.293. The van der Waals surface area contributed by atoms with Gasteiger partial charge < -0.3 is 10.6 Å². The second kappa shape index (κ2) is 3.74. The molecule has 1 aliphatic rings. The van der Waals surface area contributed by atoms with Gasteiger partial charge in [0.05, 0.1) is 11.5 Å². The van der Waals surface area contributed by atoms with Crippen LogP contribution in [0.1, 0.15) is 10.5 Å². The third-order valence-electron chi connectivity index (χ3n) is 2.35. The summed E-state index contributed by atoms with van der Waals surface area (Å²) < 4.78 is 26.6. The number of anilines is 1. The molecule has 2 heterocycles. The number of rotatable bonds is 1. The van der Waals surface area contributed by atoms with E-state index in [4.69, 9.17) is 5.73 Å². The van der Waals surface area contributed by atoms with Gasteiger partial charge >= 0.3 is 0 Å². The van der Waals surface area contributed by atoms with Crippen LogP contribution < -0.4 is 5.73 Å². The molecule has 2 rings (SSSR count). The normalized spacial score (nSPS) is 19.6. The Bertz CT molecular complexity index is 494. The van der Waals surface area contributed by atoms with E-state index in [2.05, 4.69) is 14.9 Å². The van der Waals surface area contributed by atoms with Gasteiger partial charge in [0.25, 0.3) is 5.91 Å². The van der Waals surface area contributed by atoms with E-state index >= 15 is 0 Å². The minimum absolute atomic E-state index is 0.0378. The maximum absolute atomic E-state index is 11.8. The molecular formula is C7H10N4O4S. The number of nitrogens with two attached hydrogens (primary N) is 1. The van der Waals surface area contributed by atoms with E-state index in [1.807, 2.05) is 0 Å². The molecule has 88 valence electrons. The molecule has 0 spiro atoms. The van der Waals surface area contributed by atoms with E-state index in [-0.39, 0.29) is 36.1 Å². The molecule has 16 heavy (non-hydrogen) atoms. The van der Waals surface area contributed by atoms with Gasteiger partial charge in [0.15, 0.2) is 9.84 Å². The van der Waals surface area contributed by atoms with Crippen LogP contribution in [-0.2, 0) is 9.84 Å². The quantitative estimate of drug-likeness (QED) is 0.641. The number of carbonyl (C=O) groups is 1. The molecule has 0 aliphatic carbocycles. The second-order valence-corrected chi connectivity index (χ2v) is 5.75. The fraction of sp³-hybridized carbons (Fsp3) is 0.571. The highest BCUT2D eigenvalue weighted by Gasteiger charge is 2.28. The second-order valence-electron chi connectivity index (χ2n) is 3.44. The molecule has 0 aromatic carbocycles. The summed E-state index contributed by atoms with van der Waals surface area (Å²) in [4.78, 5) is 13.2. The number of aromatic nitrogens is 2. The molecule has 0 atom stereocenters. The van der Waals surface area contributed by atoms with E-state index in [0.717, 1.165) is 0 Å². The lowest BCUT2D eigenvalue weighted by Gasteiger charge is -2.25. The molecule has 1 aromatic heterocycles. The van der Waals surface area contributed by atoms with Crippen LogP contribution in [0.2, 0.25) is 0 Å². The summed E-state index contributed by atoms with van der Waals surface area (Å²) in [7, 11) is -3.01. The molecule has 1 amide bonds. The Kier molecular flexibility index (Phi) is 2.54. The van der Waals surface area contributed by atoms with E-state index < -0.39 is 15.7 Å². The number of hydrogen-bond donors (Lipinski definition) is 1. The first-order chi connectivity index (χ1) is 7.49. The Morgan fingerprint density at radius 3 is 2.44 bits per heavy atom. The van der Waals surface area contributed by atoms with Gasteiger partial charge in [-0.15, -0.1) is 0 Å². The number of nitrogens with zero attached hydrogens (tertiary/aromatic N) is 3. The van der Waals surface area contributed by atoms with E-state index in [9.17, 15) is 13.2 Å². The van der Waals surface area contributed by atoms with Crippen LogP contribution in [0, 0.1) is 0 Å². The van der Waals surface area contributed by atoms with Crippen LogP contribution in [-0.4, -0.2) is 54.1 Å². The van der Waals surface area contributed by atoms with Crippen molar-refractivity contribution in [3.63, 3.8) is 0 Å². The highest BCUT2D eigenvalue weighted by atomic mass is 32.2. The molecule has 9 heteroatoms. The molecule has 8 nitrogen and oxygen atoms in total. The minimum Gasteiger partial charge on any atom is -0.379 e. The first kappa shape index (κ1) is 10.9. The van der Waals surface area contributed by atoms with Gasteiger partial charge in [0.2, 0.25) is 11.5 Å². The van der Waals surface area contributed by atoms with E-state index in [1.54, 1.807) is 0 Å². The standard InChI is InChI=1S/C7H10N4O4S/c8-6-5(9-15-10-6)7(12)11-1-3-16(13,14)4-2-11/h1-4H2,(H2,8,10). The molecule has 2 N–H and O–H groups in total. The molecule has 1 aromatic rings. The van der Waals surface area contributed by atoms with Crippen molar-refractivity contribution in [3.8, 4) is 0 Å². The summed E-state index contributed by atoms with van der Waals surface area (Å²) in [5.74, 6) is -0.611. The van der Waals surface area contributed by atoms with Crippen molar-refractivity contribution in [1.82, 2.24) is 15.2 Å². The number of carbonyl (C=O) groups excluding carboxylic acids is 1. The highest BCUT2D eigenvalue weighted by Crippen LogP contribution is 2.11. The summed E-state index contributed by atoms with van der Waals surface area (Å²) in [6.07, 6.45) is 0. The average Bonchev–Trinajstić information content (AvgIpc) is 2.63. The zero-order chi connectivity index (χ0) is 11.8. The Hall–Kier alpha value is -1.64. The number of amides is 1. The molecule has 1 saturated heterocycles. The lowest BCUT2D eigenvalue weighted by molar-refractivity contribution is 0.0760. The maximum Gasteiger partial charge on any atom is 0.280 e. The molecule has 0 unspecified atom stereocenters. The van der Waals surface area contributed by atoms with Gasteiger partial charge in [0, 0.05) is 13.1 Å². The van der Waals surface area contributed by atoms with Crippen molar-refractivity contribution in [2.24, 2.45) is 0 Å². The Morgan fingerprint density at radius 2 is 1.94 bits per heavy atom. The first-order valence-corrected chi connectivity index (χ1v) is 6.39. The van der Waals surface area contributed by atoms with Crippen molar-refractivity contribution >= 4 is 21.6 Å². The van der Waals surface area contributed by atoms with Crippen LogP contribution in [0.3, 0.4) is 0 Å². The van der Waals surface area contributed by atoms with Gasteiger partial charge in [-0.25, -0.2) is 13.0 Å². The summed E-state index contributed by atoms with van der Waals surface area (Å²) >= 11 is 0. The van der Waals surface area contributed by atoms with Crippen LogP contribution in [0.5, 0.6) is 0 Å². The predicted octanol–water partition coefficient (Wildman–Crippen LogP) is -1.48. The van der Waals surface area contributed by atoms with Crippen molar-refractivity contribution in [1.29, 1.82) is 0 Å². The molecular weight excluding hydrogens is 236 g/mol. The molecule has 0 radical (unpaired) electrons. The molecule has 0 saturated carbocycles. The van der Waals surface area contributed by atoms with Crippen molar-refractivity contribution in [2.45, 2.75) is 0 Å². The van der Waals surface area contributed by atoms with E-state index in [1.165, 1.54) is 4.90 Å². The number of sulfone groups is 1. The molecule has 1 aliphatic heterocycles. The van der Waals surface area contributed by atoms with Crippen molar-refractivity contribution in [2.75, 3.05) is 30.3 Å². The zero-order valence-electron chi connectivity index (χ0n) is 8.29. The lowest BCUT2D eigenvalue weighted by atomic mass is 10.3. The Balaban J connectivity index is 2.11. The predicted molar refractivity (Wildman–Crippen MR) is 53.3 cm³/mol. The Morgan fingerprint density at radius 1 is 1.31 bits per heavy atom. The van der Waals surface area contributed by atoms with Crippen LogP contribution in [0.15, 0.2) is 4.63 Å². The number of nitrogen functional groups attached to an aromatic ring is 1. The van der Waals surface area contributed by atoms with Crippen molar-refractivity contribution in [3.05, 3.63) is 5.69 Å². The zero-order valence-corrected chi connectivity index (χ0v) is 9.11. The van der Waals surface area contributed by atoms with Gasteiger partial charge in [-0.1, -0.05) is 0 Å². The number of hydrogen-bond acceptors (Lipinski definition) is 7.